The van der Waals surface area contributed by atoms with Crippen molar-refractivity contribution in [1.82, 2.24) is 9.80 Å². The lowest BCUT2D eigenvalue weighted by Gasteiger charge is -2.52. The van der Waals surface area contributed by atoms with E-state index < -0.39 is 0 Å². The zero-order chi connectivity index (χ0) is 14.2. The molecule has 3 aliphatic rings. The molecule has 3 rings (SSSR count). The van der Waals surface area contributed by atoms with Gasteiger partial charge >= 0.3 is 0 Å². The molecular formula is C17H33N3. The van der Waals surface area contributed by atoms with E-state index in [2.05, 4.69) is 23.9 Å². The minimum atomic E-state index is 0.285. The predicted molar refractivity (Wildman–Crippen MR) is 84.8 cm³/mol. The van der Waals surface area contributed by atoms with E-state index in [1.165, 1.54) is 64.2 Å². The van der Waals surface area contributed by atoms with Crippen molar-refractivity contribution in [2.24, 2.45) is 5.73 Å². The van der Waals surface area contributed by atoms with Crippen molar-refractivity contribution in [2.45, 2.75) is 87.9 Å². The van der Waals surface area contributed by atoms with Gasteiger partial charge in [-0.25, -0.2) is 0 Å². The van der Waals surface area contributed by atoms with Crippen LogP contribution in [-0.4, -0.2) is 54.1 Å². The Labute approximate surface area is 124 Å². The van der Waals surface area contributed by atoms with Gasteiger partial charge in [0.1, 0.15) is 0 Å². The minimum Gasteiger partial charge on any atom is -0.329 e. The maximum atomic E-state index is 6.32. The van der Waals surface area contributed by atoms with Crippen LogP contribution in [0.3, 0.4) is 0 Å². The predicted octanol–water partition coefficient (Wildman–Crippen LogP) is 2.60. The lowest BCUT2D eigenvalue weighted by atomic mass is 9.80. The first kappa shape index (κ1) is 14.8. The molecular weight excluding hydrogens is 246 g/mol. The summed E-state index contributed by atoms with van der Waals surface area (Å²) in [5.74, 6) is 0. The number of hydrogen-bond acceptors (Lipinski definition) is 3. The van der Waals surface area contributed by atoms with Crippen LogP contribution in [0.1, 0.15) is 64.2 Å². The summed E-state index contributed by atoms with van der Waals surface area (Å²) in [7, 11) is 4.71. The topological polar surface area (TPSA) is 32.5 Å². The van der Waals surface area contributed by atoms with Gasteiger partial charge in [-0.05, 0) is 52.6 Å². The van der Waals surface area contributed by atoms with Crippen molar-refractivity contribution in [2.75, 3.05) is 20.6 Å². The first-order valence-electron chi connectivity index (χ1n) is 8.81. The van der Waals surface area contributed by atoms with E-state index in [0.29, 0.717) is 0 Å². The molecule has 0 aromatic carbocycles. The van der Waals surface area contributed by atoms with E-state index in [0.717, 1.165) is 24.7 Å². The number of nitrogens with zero attached hydrogens (tertiary/aromatic N) is 2. The lowest BCUT2D eigenvalue weighted by molar-refractivity contribution is -0.0110. The van der Waals surface area contributed by atoms with Crippen molar-refractivity contribution in [3.8, 4) is 0 Å². The average molecular weight is 279 g/mol. The van der Waals surface area contributed by atoms with Gasteiger partial charge in [-0.1, -0.05) is 25.7 Å². The largest absolute Gasteiger partial charge is 0.329 e. The molecule has 2 aliphatic heterocycles. The summed E-state index contributed by atoms with van der Waals surface area (Å²) in [6, 6.07) is 2.35. The molecule has 0 aromatic rings. The molecule has 0 radical (unpaired) electrons. The normalized spacial score (nSPS) is 40.2. The zero-order valence-corrected chi connectivity index (χ0v) is 13.5. The molecule has 1 aliphatic carbocycles. The highest BCUT2D eigenvalue weighted by Crippen LogP contribution is 2.43. The van der Waals surface area contributed by atoms with E-state index in [1.807, 2.05) is 0 Å². The molecule has 2 N–H and O–H groups in total. The minimum absolute atomic E-state index is 0.285. The Morgan fingerprint density at radius 1 is 1.00 bits per heavy atom. The van der Waals surface area contributed by atoms with Gasteiger partial charge in [-0.15, -0.1) is 0 Å². The van der Waals surface area contributed by atoms with Crippen LogP contribution in [0.4, 0.5) is 0 Å². The second kappa shape index (κ2) is 5.94. The highest BCUT2D eigenvalue weighted by atomic mass is 15.3. The van der Waals surface area contributed by atoms with Gasteiger partial charge < -0.3 is 10.6 Å². The molecule has 2 bridgehead atoms. The molecule has 2 heterocycles. The van der Waals surface area contributed by atoms with Crippen LogP contribution in [0.15, 0.2) is 0 Å². The molecule has 3 heteroatoms. The number of fused-ring (bicyclic) bond motifs is 2. The second-order valence-corrected chi connectivity index (χ2v) is 7.64. The van der Waals surface area contributed by atoms with Crippen LogP contribution in [0.25, 0.3) is 0 Å². The number of piperidine rings is 1. The Morgan fingerprint density at radius 3 is 2.05 bits per heavy atom. The fourth-order valence-corrected chi connectivity index (χ4v) is 5.17. The van der Waals surface area contributed by atoms with E-state index in [1.54, 1.807) is 0 Å². The molecule has 20 heavy (non-hydrogen) atoms. The van der Waals surface area contributed by atoms with Crippen LogP contribution < -0.4 is 5.73 Å². The van der Waals surface area contributed by atoms with Gasteiger partial charge in [0, 0.05) is 30.2 Å². The third-order valence-corrected chi connectivity index (χ3v) is 6.72. The van der Waals surface area contributed by atoms with Crippen molar-refractivity contribution < 1.29 is 0 Å². The quantitative estimate of drug-likeness (QED) is 0.806. The Bertz CT molecular complexity index is 308. The summed E-state index contributed by atoms with van der Waals surface area (Å²) in [6.07, 6.45) is 13.9. The zero-order valence-electron chi connectivity index (χ0n) is 13.5. The Morgan fingerprint density at radius 2 is 1.55 bits per heavy atom. The average Bonchev–Trinajstić information content (AvgIpc) is 2.75. The number of likely N-dealkylation sites (N-methyl/N-ethyl adjacent to an activating group) is 1. The number of rotatable bonds is 3. The van der Waals surface area contributed by atoms with Gasteiger partial charge in [0.15, 0.2) is 0 Å². The SMILES string of the molecule is CN1C2CCC1CC(CN)(N(C)C1CCCCCC1)C2. The van der Waals surface area contributed by atoms with Crippen molar-refractivity contribution in [3.63, 3.8) is 0 Å². The molecule has 1 saturated carbocycles. The van der Waals surface area contributed by atoms with Gasteiger partial charge in [0.2, 0.25) is 0 Å². The maximum Gasteiger partial charge on any atom is 0.0361 e. The summed E-state index contributed by atoms with van der Waals surface area (Å²) >= 11 is 0. The molecule has 2 unspecified atom stereocenters. The molecule has 2 atom stereocenters. The first-order chi connectivity index (χ1) is 9.66. The van der Waals surface area contributed by atoms with Crippen molar-refractivity contribution in [3.05, 3.63) is 0 Å². The maximum absolute atomic E-state index is 6.32. The summed E-state index contributed by atoms with van der Waals surface area (Å²) in [5.41, 5.74) is 6.61. The van der Waals surface area contributed by atoms with E-state index in [-0.39, 0.29) is 5.54 Å². The third kappa shape index (κ3) is 2.53. The molecule has 0 aromatic heterocycles. The van der Waals surface area contributed by atoms with E-state index >= 15 is 0 Å². The van der Waals surface area contributed by atoms with Crippen LogP contribution in [0, 0.1) is 0 Å². The van der Waals surface area contributed by atoms with Crippen LogP contribution >= 0.6 is 0 Å². The highest BCUT2D eigenvalue weighted by molar-refractivity contribution is 5.07. The molecule has 3 fully saturated rings. The Kier molecular flexibility index (Phi) is 4.40. The standard InChI is InChI=1S/C17H33N3/c1-19-15-9-10-16(19)12-17(11-15,13-18)20(2)14-7-5-3-4-6-8-14/h14-16H,3-13,18H2,1-2H3. The van der Waals surface area contributed by atoms with Gasteiger partial charge in [-0.3, -0.25) is 4.90 Å². The first-order valence-corrected chi connectivity index (χ1v) is 8.81. The van der Waals surface area contributed by atoms with Crippen LogP contribution in [0.2, 0.25) is 0 Å². The Balaban J connectivity index is 1.75. The number of nitrogens with two attached hydrogens (primary N) is 1. The lowest BCUT2D eigenvalue weighted by Crippen LogP contribution is -2.63. The third-order valence-electron chi connectivity index (χ3n) is 6.72. The summed E-state index contributed by atoms with van der Waals surface area (Å²) in [5, 5.41) is 0. The van der Waals surface area contributed by atoms with Crippen molar-refractivity contribution >= 4 is 0 Å². The summed E-state index contributed by atoms with van der Waals surface area (Å²) in [6.45, 7) is 0.848. The van der Waals surface area contributed by atoms with Crippen molar-refractivity contribution in [1.29, 1.82) is 0 Å². The molecule has 3 nitrogen and oxygen atoms in total. The van der Waals surface area contributed by atoms with Crippen LogP contribution in [0.5, 0.6) is 0 Å². The van der Waals surface area contributed by atoms with Gasteiger partial charge in [0.25, 0.3) is 0 Å². The van der Waals surface area contributed by atoms with E-state index in [9.17, 15) is 0 Å². The second-order valence-electron chi connectivity index (χ2n) is 7.64. The summed E-state index contributed by atoms with van der Waals surface area (Å²) in [4.78, 5) is 5.37. The molecule has 0 spiro atoms. The van der Waals surface area contributed by atoms with Gasteiger partial charge in [-0.2, -0.15) is 0 Å². The van der Waals surface area contributed by atoms with E-state index in [4.69, 9.17) is 5.73 Å². The Hall–Kier alpha value is -0.120. The monoisotopic (exact) mass is 279 g/mol. The molecule has 2 saturated heterocycles. The summed E-state index contributed by atoms with van der Waals surface area (Å²) < 4.78 is 0. The molecule has 116 valence electrons. The van der Waals surface area contributed by atoms with Crippen LogP contribution in [-0.2, 0) is 0 Å². The smallest absolute Gasteiger partial charge is 0.0361 e. The fourth-order valence-electron chi connectivity index (χ4n) is 5.17. The van der Waals surface area contributed by atoms with Gasteiger partial charge in [0.05, 0.1) is 0 Å². The highest BCUT2D eigenvalue weighted by Gasteiger charge is 2.49. The molecule has 0 amide bonds. The fraction of sp³-hybridized carbons (Fsp3) is 1.00. The number of hydrogen-bond donors (Lipinski definition) is 1.